The molecule has 2 aromatic heterocycles. The molecule has 1 spiro atoms. The first kappa shape index (κ1) is 24.4. The third-order valence-corrected chi connectivity index (χ3v) is 8.87. The zero-order valence-corrected chi connectivity index (χ0v) is 21.5. The average Bonchev–Trinajstić information content (AvgIpc) is 3.54. The number of aromatic nitrogens is 2. The van der Waals surface area contributed by atoms with E-state index in [2.05, 4.69) is 4.98 Å². The Balaban J connectivity index is 1.17. The van der Waals surface area contributed by atoms with Crippen LogP contribution < -0.4 is 5.56 Å². The molecule has 2 amide bonds. The molecule has 0 atom stereocenters. The standard InChI is InChI=1S/C27H30N4O4S/c1-18(32)22-8-9-23(36-22)26(35)30-14-11-27(12-15-30)13-16-31(17-27)24(33)10-7-20-25(34)29(2)21-6-4-3-5-19(21)28-20/h3-6,8-9H,7,10-17H2,1-2H3. The molecule has 1 aromatic carbocycles. The van der Waals surface area contributed by atoms with Gasteiger partial charge in [0.15, 0.2) is 5.78 Å². The molecule has 3 aromatic rings. The number of likely N-dealkylation sites (tertiary alicyclic amines) is 2. The van der Waals surface area contributed by atoms with Crippen LogP contribution in [-0.4, -0.2) is 63.1 Å². The van der Waals surface area contributed by atoms with Crippen molar-refractivity contribution in [2.75, 3.05) is 26.2 Å². The van der Waals surface area contributed by atoms with Gasteiger partial charge in [0.2, 0.25) is 5.91 Å². The molecular weight excluding hydrogens is 476 g/mol. The van der Waals surface area contributed by atoms with E-state index in [-0.39, 0.29) is 35.0 Å². The molecule has 36 heavy (non-hydrogen) atoms. The minimum atomic E-state index is -0.155. The largest absolute Gasteiger partial charge is 0.342 e. The molecule has 2 aliphatic rings. The fraction of sp³-hybridized carbons (Fsp3) is 0.444. The van der Waals surface area contributed by atoms with E-state index in [1.54, 1.807) is 23.7 Å². The predicted molar refractivity (Wildman–Crippen MR) is 138 cm³/mol. The van der Waals surface area contributed by atoms with Crippen molar-refractivity contribution in [3.63, 3.8) is 0 Å². The van der Waals surface area contributed by atoms with Crippen molar-refractivity contribution in [1.29, 1.82) is 0 Å². The molecule has 8 nitrogen and oxygen atoms in total. The van der Waals surface area contributed by atoms with Crippen LogP contribution in [0.15, 0.2) is 41.2 Å². The maximum atomic E-state index is 13.0. The molecular formula is C27H30N4O4S. The predicted octanol–water partition coefficient (Wildman–Crippen LogP) is 3.29. The van der Waals surface area contributed by atoms with E-state index >= 15 is 0 Å². The lowest BCUT2D eigenvalue weighted by molar-refractivity contribution is -0.130. The van der Waals surface area contributed by atoms with Gasteiger partial charge in [-0.15, -0.1) is 11.3 Å². The number of thiophene rings is 1. The topological polar surface area (TPSA) is 92.6 Å². The number of Topliss-reactive ketones (excluding diaryl/α,β-unsaturated/α-hetero) is 1. The van der Waals surface area contributed by atoms with Gasteiger partial charge < -0.3 is 14.4 Å². The molecule has 0 unspecified atom stereocenters. The lowest BCUT2D eigenvalue weighted by atomic mass is 9.77. The van der Waals surface area contributed by atoms with Crippen LogP contribution in [0.4, 0.5) is 0 Å². The minimum absolute atomic E-state index is 0.0160. The molecule has 0 radical (unpaired) electrons. The molecule has 2 aliphatic heterocycles. The maximum absolute atomic E-state index is 13.0. The van der Waals surface area contributed by atoms with Crippen LogP contribution in [0.2, 0.25) is 0 Å². The van der Waals surface area contributed by atoms with Crippen LogP contribution in [-0.2, 0) is 18.3 Å². The zero-order chi connectivity index (χ0) is 25.4. The Hall–Kier alpha value is -3.33. The van der Waals surface area contributed by atoms with E-state index in [4.69, 9.17) is 0 Å². The average molecular weight is 507 g/mol. The van der Waals surface area contributed by atoms with Crippen molar-refractivity contribution in [1.82, 2.24) is 19.4 Å². The molecule has 188 valence electrons. The summed E-state index contributed by atoms with van der Waals surface area (Å²) in [6.45, 7) is 4.24. The normalized spacial score (nSPS) is 17.2. The van der Waals surface area contributed by atoms with Crippen molar-refractivity contribution < 1.29 is 14.4 Å². The Morgan fingerprint density at radius 3 is 2.33 bits per heavy atom. The van der Waals surface area contributed by atoms with Crippen molar-refractivity contribution in [2.45, 2.75) is 39.0 Å². The Kier molecular flexibility index (Phi) is 6.51. The van der Waals surface area contributed by atoms with Gasteiger partial charge in [-0.3, -0.25) is 19.2 Å². The first-order chi connectivity index (χ1) is 17.3. The molecule has 2 fully saturated rings. The Morgan fingerprint density at radius 1 is 0.972 bits per heavy atom. The SMILES string of the molecule is CC(=O)c1ccc(C(=O)N2CCC3(CCN(C(=O)CCc4nc5ccccc5n(C)c4=O)C3)CC2)s1. The Bertz CT molecular complexity index is 1400. The van der Waals surface area contributed by atoms with Crippen molar-refractivity contribution in [2.24, 2.45) is 12.5 Å². The van der Waals surface area contributed by atoms with Gasteiger partial charge in [-0.1, -0.05) is 12.1 Å². The summed E-state index contributed by atoms with van der Waals surface area (Å²) in [6, 6.07) is 11.0. The van der Waals surface area contributed by atoms with Crippen LogP contribution in [0, 0.1) is 5.41 Å². The highest BCUT2D eigenvalue weighted by Gasteiger charge is 2.42. The summed E-state index contributed by atoms with van der Waals surface area (Å²) in [5.41, 5.74) is 1.85. The van der Waals surface area contributed by atoms with E-state index in [0.29, 0.717) is 48.0 Å². The van der Waals surface area contributed by atoms with E-state index in [9.17, 15) is 19.2 Å². The summed E-state index contributed by atoms with van der Waals surface area (Å²) in [5.74, 6) is 0.0135. The third kappa shape index (κ3) is 4.59. The van der Waals surface area contributed by atoms with Crippen LogP contribution in [0.5, 0.6) is 0 Å². The summed E-state index contributed by atoms with van der Waals surface area (Å²) in [7, 11) is 1.74. The second-order valence-electron chi connectivity index (χ2n) is 9.99. The van der Waals surface area contributed by atoms with E-state index in [0.717, 1.165) is 30.3 Å². The van der Waals surface area contributed by atoms with Gasteiger partial charge in [0.1, 0.15) is 5.69 Å². The Labute approximate surface area is 213 Å². The number of carbonyl (C=O) groups excluding carboxylic acids is 3. The van der Waals surface area contributed by atoms with Gasteiger partial charge >= 0.3 is 0 Å². The number of para-hydroxylation sites is 2. The number of hydrogen-bond donors (Lipinski definition) is 0. The number of rotatable bonds is 5. The number of amides is 2. The van der Waals surface area contributed by atoms with Gasteiger partial charge in [-0.2, -0.15) is 0 Å². The van der Waals surface area contributed by atoms with Crippen molar-refractivity contribution in [3.8, 4) is 0 Å². The molecule has 0 saturated carbocycles. The van der Waals surface area contributed by atoms with Crippen LogP contribution in [0.1, 0.15) is 57.6 Å². The number of benzene rings is 1. The Morgan fingerprint density at radius 2 is 1.64 bits per heavy atom. The molecule has 5 rings (SSSR count). The summed E-state index contributed by atoms with van der Waals surface area (Å²) in [5, 5.41) is 0. The number of ketones is 1. The monoisotopic (exact) mass is 506 g/mol. The van der Waals surface area contributed by atoms with Crippen molar-refractivity contribution >= 4 is 40.0 Å². The molecule has 4 heterocycles. The number of aryl methyl sites for hydroxylation is 2. The van der Waals surface area contributed by atoms with Gasteiger partial charge in [-0.05, 0) is 55.9 Å². The summed E-state index contributed by atoms with van der Waals surface area (Å²) >= 11 is 1.25. The smallest absolute Gasteiger partial charge is 0.272 e. The first-order valence-corrected chi connectivity index (χ1v) is 13.2. The number of nitrogens with zero attached hydrogens (tertiary/aromatic N) is 4. The third-order valence-electron chi connectivity index (χ3n) is 7.69. The van der Waals surface area contributed by atoms with E-state index in [1.165, 1.54) is 18.3 Å². The fourth-order valence-electron chi connectivity index (χ4n) is 5.42. The second kappa shape index (κ2) is 9.61. The highest BCUT2D eigenvalue weighted by atomic mass is 32.1. The van der Waals surface area contributed by atoms with Crippen LogP contribution in [0.3, 0.4) is 0 Å². The molecule has 9 heteroatoms. The zero-order valence-electron chi connectivity index (χ0n) is 20.7. The second-order valence-corrected chi connectivity index (χ2v) is 11.1. The lowest BCUT2D eigenvalue weighted by Gasteiger charge is -2.39. The fourth-order valence-corrected chi connectivity index (χ4v) is 6.29. The van der Waals surface area contributed by atoms with Gasteiger partial charge in [-0.25, -0.2) is 4.98 Å². The number of fused-ring (bicyclic) bond motifs is 1. The summed E-state index contributed by atoms with van der Waals surface area (Å²) in [4.78, 5) is 59.7. The van der Waals surface area contributed by atoms with Crippen molar-refractivity contribution in [3.05, 3.63) is 62.2 Å². The van der Waals surface area contributed by atoms with Crippen LogP contribution in [0.25, 0.3) is 11.0 Å². The van der Waals surface area contributed by atoms with Gasteiger partial charge in [0.25, 0.3) is 11.5 Å². The van der Waals surface area contributed by atoms with Gasteiger partial charge in [0.05, 0.1) is 20.8 Å². The molecule has 0 bridgehead atoms. The highest BCUT2D eigenvalue weighted by Crippen LogP contribution is 2.41. The molecule has 0 aliphatic carbocycles. The van der Waals surface area contributed by atoms with E-state index in [1.807, 2.05) is 34.1 Å². The highest BCUT2D eigenvalue weighted by molar-refractivity contribution is 7.15. The van der Waals surface area contributed by atoms with E-state index < -0.39 is 0 Å². The molecule has 2 saturated heterocycles. The van der Waals surface area contributed by atoms with Crippen LogP contribution >= 0.6 is 11.3 Å². The minimum Gasteiger partial charge on any atom is -0.342 e. The molecule has 0 N–H and O–H groups in total. The number of piperidine rings is 1. The quantitative estimate of drug-likeness (QED) is 0.495. The lowest BCUT2D eigenvalue weighted by Crippen LogP contribution is -2.44. The summed E-state index contributed by atoms with van der Waals surface area (Å²) < 4.78 is 1.60. The maximum Gasteiger partial charge on any atom is 0.272 e. The summed E-state index contributed by atoms with van der Waals surface area (Å²) in [6.07, 6.45) is 3.24. The first-order valence-electron chi connectivity index (χ1n) is 12.4. The number of hydrogen-bond acceptors (Lipinski definition) is 6. The number of carbonyl (C=O) groups is 3. The van der Waals surface area contributed by atoms with Gasteiger partial charge in [0, 0.05) is 46.1 Å².